The first kappa shape index (κ1) is 15.7. The average Bonchev–Trinajstić information content (AvgIpc) is 2.89. The Balaban J connectivity index is 1.53. The minimum atomic E-state index is -0.312. The summed E-state index contributed by atoms with van der Waals surface area (Å²) in [6, 6.07) is 0.0173. The molecule has 0 aromatic rings. The molecule has 2 saturated heterocycles. The highest BCUT2D eigenvalue weighted by Gasteiger charge is 2.37. The molecule has 1 saturated carbocycles. The van der Waals surface area contributed by atoms with Gasteiger partial charge in [-0.2, -0.15) is 0 Å². The van der Waals surface area contributed by atoms with Crippen LogP contribution in [-0.2, 0) is 14.3 Å². The molecule has 0 radical (unpaired) electrons. The number of nitrogens with one attached hydrogen (secondary N) is 2. The molecule has 6 heteroatoms. The second kappa shape index (κ2) is 6.96. The van der Waals surface area contributed by atoms with Gasteiger partial charge in [0.25, 0.3) is 0 Å². The van der Waals surface area contributed by atoms with E-state index in [2.05, 4.69) is 10.6 Å². The van der Waals surface area contributed by atoms with Crippen LogP contribution < -0.4 is 10.6 Å². The lowest BCUT2D eigenvalue weighted by molar-refractivity contribution is -0.130. The van der Waals surface area contributed by atoms with Gasteiger partial charge in [-0.1, -0.05) is 19.3 Å². The van der Waals surface area contributed by atoms with Crippen LogP contribution >= 0.6 is 0 Å². The Morgan fingerprint density at radius 3 is 2.82 bits per heavy atom. The van der Waals surface area contributed by atoms with E-state index in [1.54, 1.807) is 0 Å². The molecule has 1 unspecified atom stereocenters. The van der Waals surface area contributed by atoms with Gasteiger partial charge in [-0.15, -0.1) is 0 Å². The molecule has 2 heterocycles. The summed E-state index contributed by atoms with van der Waals surface area (Å²) in [4.78, 5) is 26.6. The molecule has 0 aromatic carbocycles. The molecule has 3 rings (SSSR count). The van der Waals surface area contributed by atoms with Crippen LogP contribution in [0.2, 0.25) is 0 Å². The fourth-order valence-corrected chi connectivity index (χ4v) is 3.89. The number of ether oxygens (including phenoxy) is 1. The SMILES string of the molecule is C[C@H]1OCCN[C@@H]1C(=O)NC1CC(=O)N(C2CCCCC2)C1. The van der Waals surface area contributed by atoms with Crippen molar-refractivity contribution in [1.82, 2.24) is 15.5 Å². The Hall–Kier alpha value is -1.14. The summed E-state index contributed by atoms with van der Waals surface area (Å²) >= 11 is 0. The number of likely N-dealkylation sites (tertiary alicyclic amines) is 1. The van der Waals surface area contributed by atoms with Crippen molar-refractivity contribution in [3.05, 3.63) is 0 Å². The van der Waals surface area contributed by atoms with Crippen LogP contribution in [0, 0.1) is 0 Å². The maximum atomic E-state index is 12.4. The fraction of sp³-hybridized carbons (Fsp3) is 0.875. The summed E-state index contributed by atoms with van der Waals surface area (Å²) in [5.41, 5.74) is 0. The second-order valence-electron chi connectivity index (χ2n) is 6.76. The molecule has 2 aliphatic heterocycles. The normalized spacial score (nSPS) is 34.0. The fourth-order valence-electron chi connectivity index (χ4n) is 3.89. The zero-order valence-electron chi connectivity index (χ0n) is 13.3. The van der Waals surface area contributed by atoms with Crippen molar-refractivity contribution in [2.45, 2.75) is 69.7 Å². The third-order valence-corrected chi connectivity index (χ3v) is 5.12. The molecule has 2 amide bonds. The van der Waals surface area contributed by atoms with E-state index in [1.807, 2.05) is 11.8 Å². The van der Waals surface area contributed by atoms with E-state index in [-0.39, 0.29) is 30.0 Å². The third kappa shape index (κ3) is 3.43. The van der Waals surface area contributed by atoms with E-state index in [0.29, 0.717) is 32.2 Å². The molecular weight excluding hydrogens is 282 g/mol. The number of rotatable bonds is 3. The van der Waals surface area contributed by atoms with Gasteiger partial charge in [0.1, 0.15) is 6.04 Å². The minimum Gasteiger partial charge on any atom is -0.375 e. The lowest BCUT2D eigenvalue weighted by Crippen LogP contribution is -2.57. The quantitative estimate of drug-likeness (QED) is 0.792. The van der Waals surface area contributed by atoms with Crippen molar-refractivity contribution in [2.24, 2.45) is 0 Å². The molecule has 0 bridgehead atoms. The first-order valence-corrected chi connectivity index (χ1v) is 8.60. The van der Waals surface area contributed by atoms with Gasteiger partial charge >= 0.3 is 0 Å². The van der Waals surface area contributed by atoms with Crippen molar-refractivity contribution >= 4 is 11.8 Å². The molecule has 2 N–H and O–H groups in total. The lowest BCUT2D eigenvalue weighted by Gasteiger charge is -2.32. The van der Waals surface area contributed by atoms with Gasteiger partial charge < -0.3 is 20.3 Å². The van der Waals surface area contributed by atoms with Gasteiger partial charge in [-0.05, 0) is 19.8 Å². The summed E-state index contributed by atoms with van der Waals surface area (Å²) in [7, 11) is 0. The van der Waals surface area contributed by atoms with Gasteiger partial charge in [0.2, 0.25) is 11.8 Å². The van der Waals surface area contributed by atoms with Crippen molar-refractivity contribution < 1.29 is 14.3 Å². The summed E-state index contributed by atoms with van der Waals surface area (Å²) in [5.74, 6) is 0.147. The Morgan fingerprint density at radius 1 is 1.32 bits per heavy atom. The minimum absolute atomic E-state index is 0.0458. The van der Waals surface area contributed by atoms with Gasteiger partial charge in [0, 0.05) is 25.6 Å². The first-order valence-electron chi connectivity index (χ1n) is 8.60. The van der Waals surface area contributed by atoms with Crippen LogP contribution in [0.1, 0.15) is 45.4 Å². The van der Waals surface area contributed by atoms with Crippen LogP contribution in [0.5, 0.6) is 0 Å². The van der Waals surface area contributed by atoms with Crippen molar-refractivity contribution in [3.8, 4) is 0 Å². The smallest absolute Gasteiger partial charge is 0.240 e. The van der Waals surface area contributed by atoms with Gasteiger partial charge in [0.05, 0.1) is 18.8 Å². The lowest BCUT2D eigenvalue weighted by atomic mass is 9.94. The largest absolute Gasteiger partial charge is 0.375 e. The number of hydrogen-bond donors (Lipinski definition) is 2. The second-order valence-corrected chi connectivity index (χ2v) is 6.76. The maximum absolute atomic E-state index is 12.4. The van der Waals surface area contributed by atoms with Gasteiger partial charge in [-0.25, -0.2) is 0 Å². The summed E-state index contributed by atoms with van der Waals surface area (Å²) < 4.78 is 5.51. The van der Waals surface area contributed by atoms with E-state index < -0.39 is 0 Å². The van der Waals surface area contributed by atoms with Crippen molar-refractivity contribution in [3.63, 3.8) is 0 Å². The van der Waals surface area contributed by atoms with Crippen molar-refractivity contribution in [2.75, 3.05) is 19.7 Å². The third-order valence-electron chi connectivity index (χ3n) is 5.12. The van der Waals surface area contributed by atoms with Crippen LogP contribution in [0.15, 0.2) is 0 Å². The number of morpholine rings is 1. The van der Waals surface area contributed by atoms with Gasteiger partial charge in [0.15, 0.2) is 0 Å². The molecule has 124 valence electrons. The number of amides is 2. The zero-order chi connectivity index (χ0) is 15.5. The highest BCUT2D eigenvalue weighted by atomic mass is 16.5. The maximum Gasteiger partial charge on any atom is 0.240 e. The molecule has 0 aromatic heterocycles. The standard InChI is InChI=1S/C16H27N3O3/c1-11-15(17-7-8-22-11)16(21)18-12-9-14(20)19(10-12)13-5-3-2-4-6-13/h11-13,15,17H,2-10H2,1H3,(H,18,21)/t11-,12?,15+/m1/s1. The first-order chi connectivity index (χ1) is 10.6. The van der Waals surface area contributed by atoms with Crippen LogP contribution in [-0.4, -0.2) is 60.6 Å². The molecule has 0 spiro atoms. The Labute approximate surface area is 131 Å². The van der Waals surface area contributed by atoms with E-state index >= 15 is 0 Å². The molecule has 3 atom stereocenters. The van der Waals surface area contributed by atoms with Crippen LogP contribution in [0.3, 0.4) is 0 Å². The zero-order valence-corrected chi connectivity index (χ0v) is 13.3. The van der Waals surface area contributed by atoms with Crippen molar-refractivity contribution in [1.29, 1.82) is 0 Å². The number of nitrogens with zero attached hydrogens (tertiary/aromatic N) is 1. The number of carbonyl (C=O) groups is 2. The predicted molar refractivity (Wildman–Crippen MR) is 82.3 cm³/mol. The summed E-state index contributed by atoms with van der Waals surface area (Å²) in [5, 5.41) is 6.23. The van der Waals surface area contributed by atoms with Gasteiger partial charge in [-0.3, -0.25) is 9.59 Å². The highest BCUT2D eigenvalue weighted by Crippen LogP contribution is 2.26. The average molecular weight is 309 g/mol. The Morgan fingerprint density at radius 2 is 2.09 bits per heavy atom. The summed E-state index contributed by atoms with van der Waals surface area (Å²) in [6.07, 6.45) is 6.25. The Bertz CT molecular complexity index is 423. The highest BCUT2D eigenvalue weighted by molar-refractivity contribution is 5.85. The molecule has 3 fully saturated rings. The van der Waals surface area contributed by atoms with Crippen LogP contribution in [0.4, 0.5) is 0 Å². The molecular formula is C16H27N3O3. The van der Waals surface area contributed by atoms with E-state index in [4.69, 9.17) is 4.74 Å². The van der Waals surface area contributed by atoms with E-state index in [9.17, 15) is 9.59 Å². The van der Waals surface area contributed by atoms with E-state index in [1.165, 1.54) is 19.3 Å². The molecule has 6 nitrogen and oxygen atoms in total. The monoisotopic (exact) mass is 309 g/mol. The predicted octanol–water partition coefficient (Wildman–Crippen LogP) is 0.413. The van der Waals surface area contributed by atoms with Crippen LogP contribution in [0.25, 0.3) is 0 Å². The Kier molecular flexibility index (Phi) is 4.98. The molecule has 3 aliphatic rings. The topological polar surface area (TPSA) is 70.7 Å². The molecule has 1 aliphatic carbocycles. The number of hydrogen-bond acceptors (Lipinski definition) is 4. The van der Waals surface area contributed by atoms with E-state index in [0.717, 1.165) is 12.8 Å². The molecule has 22 heavy (non-hydrogen) atoms. The number of carbonyl (C=O) groups excluding carboxylic acids is 2. The summed E-state index contributed by atoms with van der Waals surface area (Å²) in [6.45, 7) is 3.91.